The summed E-state index contributed by atoms with van der Waals surface area (Å²) in [7, 11) is 0. The van der Waals surface area contributed by atoms with Crippen LogP contribution in [0.1, 0.15) is 34.1 Å². The predicted octanol–water partition coefficient (Wildman–Crippen LogP) is 3.65. The molecule has 0 aliphatic rings. The van der Waals surface area contributed by atoms with E-state index in [2.05, 4.69) is 0 Å². The quantitative estimate of drug-likeness (QED) is 0.547. The molecule has 0 aromatic rings. The van der Waals surface area contributed by atoms with Crippen molar-refractivity contribution in [3.05, 3.63) is 23.8 Å². The maximum atomic E-state index is 13.6. The second-order valence-corrected chi connectivity index (χ2v) is 2.74. The molecule has 0 radical (unpaired) electrons. The summed E-state index contributed by atoms with van der Waals surface area (Å²) in [5, 5.41) is 0. The van der Waals surface area contributed by atoms with Crippen LogP contribution in [-0.2, 0) is 0 Å². The van der Waals surface area contributed by atoms with Gasteiger partial charge in [-0.15, -0.1) is 0 Å². The molecule has 0 bridgehead atoms. The lowest BCUT2D eigenvalue weighted by Crippen LogP contribution is -2.17. The van der Waals surface area contributed by atoms with Gasteiger partial charge in [-0.3, -0.25) is 0 Å². The highest BCUT2D eigenvalue weighted by atomic mass is 19.1. The third-order valence-electron chi connectivity index (χ3n) is 1.84. The van der Waals surface area contributed by atoms with E-state index in [0.717, 1.165) is 12.0 Å². The van der Waals surface area contributed by atoms with Gasteiger partial charge in [-0.1, -0.05) is 19.1 Å². The zero-order chi connectivity index (χ0) is 8.91. The van der Waals surface area contributed by atoms with Gasteiger partial charge >= 0.3 is 0 Å². The Bertz CT molecular complexity index is 164. The van der Waals surface area contributed by atoms with E-state index in [0.29, 0.717) is 0 Å². The van der Waals surface area contributed by atoms with Gasteiger partial charge in [0.1, 0.15) is 5.67 Å². The van der Waals surface area contributed by atoms with Gasteiger partial charge in [-0.2, -0.15) is 0 Å². The molecular weight excluding hydrogens is 139 g/mol. The molecule has 1 heteroatoms. The minimum Gasteiger partial charge on any atom is -0.235 e. The predicted molar refractivity (Wildman–Crippen MR) is 48.4 cm³/mol. The molecule has 0 N–H and O–H groups in total. The van der Waals surface area contributed by atoms with Gasteiger partial charge in [0.2, 0.25) is 0 Å². The molecule has 0 fully saturated rings. The van der Waals surface area contributed by atoms with Gasteiger partial charge < -0.3 is 0 Å². The first-order chi connectivity index (χ1) is 5.08. The van der Waals surface area contributed by atoms with Crippen molar-refractivity contribution in [1.82, 2.24) is 0 Å². The molecule has 0 amide bonds. The maximum Gasteiger partial charge on any atom is 0.147 e. The second kappa shape index (κ2) is 4.32. The fourth-order valence-electron chi connectivity index (χ4n) is 1.25. The van der Waals surface area contributed by atoms with Crippen molar-refractivity contribution in [1.29, 1.82) is 0 Å². The zero-order valence-corrected chi connectivity index (χ0v) is 7.82. The van der Waals surface area contributed by atoms with E-state index in [1.807, 2.05) is 26.8 Å². The van der Waals surface area contributed by atoms with Gasteiger partial charge in [-0.25, -0.2) is 4.39 Å². The lowest BCUT2D eigenvalue weighted by Gasteiger charge is -2.18. The van der Waals surface area contributed by atoms with Crippen LogP contribution in [0.2, 0.25) is 0 Å². The fraction of sp³-hybridized carbons (Fsp3) is 0.600. The molecule has 0 rings (SSSR count). The van der Waals surface area contributed by atoms with Crippen molar-refractivity contribution in [2.24, 2.45) is 0 Å². The Labute approximate surface area is 68.8 Å². The molecule has 0 saturated carbocycles. The maximum absolute atomic E-state index is 13.6. The average Bonchev–Trinajstić information content (AvgIpc) is 1.89. The van der Waals surface area contributed by atoms with E-state index in [-0.39, 0.29) is 0 Å². The van der Waals surface area contributed by atoms with Gasteiger partial charge in [0.25, 0.3) is 0 Å². The highest BCUT2D eigenvalue weighted by Gasteiger charge is 2.21. The van der Waals surface area contributed by atoms with Crippen LogP contribution in [0.5, 0.6) is 0 Å². The minimum absolute atomic E-state index is 0.772. The number of rotatable bonds is 3. The standard InChI is InChI=1S/C10H17F/c1-5-8-10(4,11)9(6-2)7-3/h5-6,8H,7H2,1-4H3/b8-5-,9-6-. The smallest absolute Gasteiger partial charge is 0.147 e. The molecular formula is C10H17F. The van der Waals surface area contributed by atoms with Gasteiger partial charge in [0, 0.05) is 0 Å². The largest absolute Gasteiger partial charge is 0.235 e. The van der Waals surface area contributed by atoms with E-state index in [9.17, 15) is 4.39 Å². The lowest BCUT2D eigenvalue weighted by molar-refractivity contribution is 0.302. The molecule has 0 aliphatic heterocycles. The van der Waals surface area contributed by atoms with Gasteiger partial charge in [-0.05, 0) is 38.8 Å². The van der Waals surface area contributed by atoms with Crippen molar-refractivity contribution >= 4 is 0 Å². The van der Waals surface area contributed by atoms with E-state index in [1.54, 1.807) is 19.1 Å². The molecule has 0 aromatic carbocycles. The Morgan fingerprint density at radius 3 is 2.27 bits per heavy atom. The zero-order valence-electron chi connectivity index (χ0n) is 7.82. The molecule has 0 heterocycles. The van der Waals surface area contributed by atoms with E-state index in [4.69, 9.17) is 0 Å². The van der Waals surface area contributed by atoms with Crippen LogP contribution in [-0.4, -0.2) is 5.67 Å². The summed E-state index contributed by atoms with van der Waals surface area (Å²) in [6.45, 7) is 7.27. The number of hydrogen-bond donors (Lipinski definition) is 0. The first-order valence-corrected chi connectivity index (χ1v) is 4.07. The summed E-state index contributed by atoms with van der Waals surface area (Å²) in [4.78, 5) is 0. The first kappa shape index (κ1) is 10.4. The van der Waals surface area contributed by atoms with Crippen LogP contribution in [0.4, 0.5) is 4.39 Å². The summed E-state index contributed by atoms with van der Waals surface area (Å²) in [5.41, 5.74) is -0.409. The van der Waals surface area contributed by atoms with Crippen LogP contribution in [0, 0.1) is 0 Å². The van der Waals surface area contributed by atoms with Crippen molar-refractivity contribution < 1.29 is 4.39 Å². The van der Waals surface area contributed by atoms with E-state index in [1.165, 1.54) is 0 Å². The molecule has 0 spiro atoms. The lowest BCUT2D eigenvalue weighted by atomic mass is 9.95. The van der Waals surface area contributed by atoms with Crippen LogP contribution in [0.15, 0.2) is 23.8 Å². The van der Waals surface area contributed by atoms with Crippen LogP contribution >= 0.6 is 0 Å². The van der Waals surface area contributed by atoms with Crippen LogP contribution in [0.3, 0.4) is 0 Å². The second-order valence-electron chi connectivity index (χ2n) is 2.74. The van der Waals surface area contributed by atoms with Crippen molar-refractivity contribution in [3.8, 4) is 0 Å². The third-order valence-corrected chi connectivity index (χ3v) is 1.84. The minimum atomic E-state index is -1.25. The summed E-state index contributed by atoms with van der Waals surface area (Å²) in [5.74, 6) is 0. The Morgan fingerprint density at radius 1 is 1.45 bits per heavy atom. The summed E-state index contributed by atoms with van der Waals surface area (Å²) >= 11 is 0. The Balaban J connectivity index is 4.51. The number of hydrogen-bond acceptors (Lipinski definition) is 0. The molecule has 0 nitrogen and oxygen atoms in total. The molecule has 64 valence electrons. The fourth-order valence-corrected chi connectivity index (χ4v) is 1.25. The van der Waals surface area contributed by atoms with Crippen LogP contribution < -0.4 is 0 Å². The Hall–Kier alpha value is -0.590. The molecule has 0 saturated heterocycles. The van der Waals surface area contributed by atoms with Crippen molar-refractivity contribution in [2.45, 2.75) is 39.8 Å². The topological polar surface area (TPSA) is 0 Å². The first-order valence-electron chi connectivity index (χ1n) is 4.07. The molecule has 0 aliphatic carbocycles. The van der Waals surface area contributed by atoms with Gasteiger partial charge in [0.05, 0.1) is 0 Å². The molecule has 11 heavy (non-hydrogen) atoms. The van der Waals surface area contributed by atoms with E-state index < -0.39 is 5.67 Å². The monoisotopic (exact) mass is 156 g/mol. The number of allylic oxidation sites excluding steroid dienone is 4. The summed E-state index contributed by atoms with van der Waals surface area (Å²) in [6.07, 6.45) is 5.96. The summed E-state index contributed by atoms with van der Waals surface area (Å²) in [6, 6.07) is 0. The molecule has 1 atom stereocenters. The third kappa shape index (κ3) is 2.87. The Morgan fingerprint density at radius 2 is 2.00 bits per heavy atom. The average molecular weight is 156 g/mol. The molecule has 0 aromatic heterocycles. The normalized spacial score (nSPS) is 18.8. The van der Waals surface area contributed by atoms with Crippen LogP contribution in [0.25, 0.3) is 0 Å². The number of alkyl halides is 1. The number of halogens is 1. The van der Waals surface area contributed by atoms with Crippen molar-refractivity contribution in [3.63, 3.8) is 0 Å². The SMILES string of the molecule is C/C=C\C(C)(F)/C(=C\C)CC. The highest BCUT2D eigenvalue weighted by molar-refractivity contribution is 5.22. The van der Waals surface area contributed by atoms with Crippen molar-refractivity contribution in [2.75, 3.05) is 0 Å². The molecule has 1 unspecified atom stereocenters. The van der Waals surface area contributed by atoms with E-state index >= 15 is 0 Å². The summed E-state index contributed by atoms with van der Waals surface area (Å²) < 4.78 is 13.6. The Kier molecular flexibility index (Phi) is 4.09. The van der Waals surface area contributed by atoms with Gasteiger partial charge in [0.15, 0.2) is 0 Å². The highest BCUT2D eigenvalue weighted by Crippen LogP contribution is 2.25.